The van der Waals surface area contributed by atoms with Crippen LogP contribution in [0.3, 0.4) is 0 Å². The molecule has 2 bridgehead atoms. The molecule has 14 heavy (non-hydrogen) atoms. The molecule has 3 rings (SSSR count). The second kappa shape index (κ2) is 2.76. The number of hydrogen-bond donors (Lipinski definition) is 1. The Morgan fingerprint density at radius 1 is 1.64 bits per heavy atom. The van der Waals surface area contributed by atoms with Crippen LogP contribution in [-0.4, -0.2) is 24.1 Å². The Labute approximate surface area is 88.1 Å². The quantitative estimate of drug-likeness (QED) is 0.663. The summed E-state index contributed by atoms with van der Waals surface area (Å²) in [6.45, 7) is 4.33. The second-order valence-electron chi connectivity index (χ2n) is 4.04. The Hall–Kier alpha value is -0.960. The van der Waals surface area contributed by atoms with Crippen LogP contribution in [0.2, 0.25) is 5.15 Å². The Morgan fingerprint density at radius 3 is 3.36 bits per heavy atom. The van der Waals surface area contributed by atoms with Crippen LogP contribution in [0, 0.1) is 6.92 Å². The average Bonchev–Trinajstić information content (AvgIpc) is 2.46. The molecule has 0 spiro atoms. The maximum atomic E-state index is 5.93. The largest absolute Gasteiger partial charge is 0.366 e. The van der Waals surface area contributed by atoms with E-state index in [1.807, 2.05) is 6.07 Å². The highest BCUT2D eigenvalue weighted by Gasteiger charge is 2.31. The van der Waals surface area contributed by atoms with Gasteiger partial charge >= 0.3 is 0 Å². The van der Waals surface area contributed by atoms with Crippen molar-refractivity contribution in [2.75, 3.05) is 23.3 Å². The lowest BCUT2D eigenvalue weighted by Crippen LogP contribution is -2.32. The van der Waals surface area contributed by atoms with Gasteiger partial charge in [-0.1, -0.05) is 11.6 Å². The molecule has 3 nitrogen and oxygen atoms in total. The van der Waals surface area contributed by atoms with Gasteiger partial charge in [0.05, 0.1) is 5.69 Å². The van der Waals surface area contributed by atoms with E-state index < -0.39 is 0 Å². The van der Waals surface area contributed by atoms with Gasteiger partial charge in [0.1, 0.15) is 5.15 Å². The van der Waals surface area contributed by atoms with Crippen molar-refractivity contribution in [3.63, 3.8) is 0 Å². The number of nitrogens with one attached hydrogen (secondary N) is 1. The minimum Gasteiger partial charge on any atom is -0.366 e. The average molecular weight is 210 g/mol. The third-order valence-electron chi connectivity index (χ3n) is 3.00. The molecule has 0 amide bonds. The van der Waals surface area contributed by atoms with Gasteiger partial charge in [-0.15, -0.1) is 0 Å². The number of hydrogen-bond acceptors (Lipinski definition) is 3. The van der Waals surface area contributed by atoms with E-state index in [2.05, 4.69) is 22.1 Å². The van der Waals surface area contributed by atoms with Crippen LogP contribution in [-0.2, 0) is 0 Å². The lowest BCUT2D eigenvalue weighted by molar-refractivity contribution is 0.787. The van der Waals surface area contributed by atoms with Crippen LogP contribution < -0.4 is 10.2 Å². The summed E-state index contributed by atoms with van der Waals surface area (Å²) in [5.74, 6) is 0.962. The summed E-state index contributed by atoms with van der Waals surface area (Å²) < 4.78 is 0. The highest BCUT2D eigenvalue weighted by Crippen LogP contribution is 2.37. The molecular formula is C10H12ClN3. The molecule has 4 heteroatoms. The molecule has 1 saturated heterocycles. The zero-order valence-electron chi connectivity index (χ0n) is 8.05. The van der Waals surface area contributed by atoms with Gasteiger partial charge in [0.25, 0.3) is 0 Å². The molecule has 2 aliphatic rings. The van der Waals surface area contributed by atoms with Crippen molar-refractivity contribution in [3.8, 4) is 0 Å². The van der Waals surface area contributed by atoms with Crippen molar-refractivity contribution >= 4 is 23.1 Å². The van der Waals surface area contributed by atoms with Gasteiger partial charge in [-0.3, -0.25) is 0 Å². The fourth-order valence-electron chi connectivity index (χ4n) is 2.40. The van der Waals surface area contributed by atoms with Gasteiger partial charge < -0.3 is 10.2 Å². The zero-order chi connectivity index (χ0) is 9.71. The van der Waals surface area contributed by atoms with E-state index in [-0.39, 0.29) is 0 Å². The minimum atomic E-state index is 0.563. The summed E-state index contributed by atoms with van der Waals surface area (Å²) in [5, 5.41) is 4.01. The predicted octanol–water partition coefficient (Wildman–Crippen LogP) is 2.05. The third-order valence-corrected chi connectivity index (χ3v) is 3.19. The molecule has 2 aliphatic heterocycles. The number of pyridine rings is 1. The molecular weight excluding hydrogens is 198 g/mol. The SMILES string of the molecule is Cc1cc(Cl)nc2c1N1CC[C@@H](C1)N2. The lowest BCUT2D eigenvalue weighted by atomic mass is 10.2. The number of aryl methyl sites for hydroxylation is 1. The van der Waals surface area contributed by atoms with Gasteiger partial charge in [0, 0.05) is 19.1 Å². The van der Waals surface area contributed by atoms with Crippen molar-refractivity contribution in [2.24, 2.45) is 0 Å². The maximum Gasteiger partial charge on any atom is 0.151 e. The number of halogens is 1. The number of anilines is 2. The van der Waals surface area contributed by atoms with Crippen molar-refractivity contribution in [3.05, 3.63) is 16.8 Å². The van der Waals surface area contributed by atoms with Crippen molar-refractivity contribution in [2.45, 2.75) is 19.4 Å². The molecule has 0 aliphatic carbocycles. The number of aromatic nitrogens is 1. The molecule has 1 aromatic heterocycles. The van der Waals surface area contributed by atoms with Gasteiger partial charge in [-0.05, 0) is 25.0 Å². The molecule has 0 saturated carbocycles. The minimum absolute atomic E-state index is 0.563. The van der Waals surface area contributed by atoms with Crippen LogP contribution in [0.5, 0.6) is 0 Å². The number of nitrogens with zero attached hydrogens (tertiary/aromatic N) is 2. The first-order valence-electron chi connectivity index (χ1n) is 4.92. The van der Waals surface area contributed by atoms with E-state index in [9.17, 15) is 0 Å². The van der Waals surface area contributed by atoms with Gasteiger partial charge in [-0.25, -0.2) is 4.98 Å². The molecule has 1 aromatic rings. The van der Waals surface area contributed by atoms with E-state index in [1.54, 1.807) is 0 Å². The summed E-state index contributed by atoms with van der Waals surface area (Å²) in [4.78, 5) is 6.73. The molecule has 0 unspecified atom stereocenters. The highest BCUT2D eigenvalue weighted by atomic mass is 35.5. The normalized spacial score (nSPS) is 23.3. The third kappa shape index (κ3) is 1.08. The lowest BCUT2D eigenvalue weighted by Gasteiger charge is -2.29. The Morgan fingerprint density at radius 2 is 2.50 bits per heavy atom. The van der Waals surface area contributed by atoms with Crippen LogP contribution in [0.4, 0.5) is 11.5 Å². The van der Waals surface area contributed by atoms with E-state index >= 15 is 0 Å². The van der Waals surface area contributed by atoms with Crippen molar-refractivity contribution in [1.82, 2.24) is 4.98 Å². The molecule has 1 atom stereocenters. The number of rotatable bonds is 0. The van der Waals surface area contributed by atoms with Crippen LogP contribution in [0.25, 0.3) is 0 Å². The van der Waals surface area contributed by atoms with Crippen LogP contribution in [0.15, 0.2) is 6.07 Å². The summed E-state index contributed by atoms with van der Waals surface area (Å²) in [7, 11) is 0. The van der Waals surface area contributed by atoms with E-state index in [0.29, 0.717) is 11.2 Å². The van der Waals surface area contributed by atoms with E-state index in [0.717, 1.165) is 18.9 Å². The molecule has 3 heterocycles. The fraction of sp³-hybridized carbons (Fsp3) is 0.500. The van der Waals surface area contributed by atoms with E-state index in [1.165, 1.54) is 17.7 Å². The van der Waals surface area contributed by atoms with Crippen molar-refractivity contribution in [1.29, 1.82) is 0 Å². The standard InChI is InChI=1S/C10H12ClN3/c1-6-4-8(11)13-10-9(6)14-3-2-7(5-14)12-10/h4,7H,2-3,5H2,1H3,(H,12,13)/t7-/m0/s1. The smallest absolute Gasteiger partial charge is 0.151 e. The fourth-order valence-corrected chi connectivity index (χ4v) is 2.65. The maximum absolute atomic E-state index is 5.93. The summed E-state index contributed by atoms with van der Waals surface area (Å²) in [6, 6.07) is 2.49. The monoisotopic (exact) mass is 209 g/mol. The molecule has 1 fully saturated rings. The topological polar surface area (TPSA) is 28.2 Å². The van der Waals surface area contributed by atoms with Crippen LogP contribution in [0.1, 0.15) is 12.0 Å². The van der Waals surface area contributed by atoms with Crippen molar-refractivity contribution < 1.29 is 0 Å². The molecule has 1 N–H and O–H groups in total. The number of fused-ring (bicyclic) bond motifs is 4. The molecule has 0 radical (unpaired) electrons. The van der Waals surface area contributed by atoms with Gasteiger partial charge in [0.2, 0.25) is 0 Å². The highest BCUT2D eigenvalue weighted by molar-refractivity contribution is 6.29. The van der Waals surface area contributed by atoms with Gasteiger partial charge in [0.15, 0.2) is 5.82 Å². The second-order valence-corrected chi connectivity index (χ2v) is 4.42. The van der Waals surface area contributed by atoms with Gasteiger partial charge in [-0.2, -0.15) is 0 Å². The van der Waals surface area contributed by atoms with Crippen LogP contribution >= 0.6 is 11.6 Å². The Kier molecular flexibility index (Phi) is 1.65. The Bertz CT molecular complexity index is 391. The first-order valence-corrected chi connectivity index (χ1v) is 5.30. The van der Waals surface area contributed by atoms with E-state index in [4.69, 9.17) is 11.6 Å². The first-order chi connectivity index (χ1) is 6.74. The molecule has 74 valence electrons. The summed E-state index contributed by atoms with van der Waals surface area (Å²) >= 11 is 5.93. The predicted molar refractivity (Wildman–Crippen MR) is 58.2 cm³/mol. The molecule has 0 aromatic carbocycles. The summed E-state index contributed by atoms with van der Waals surface area (Å²) in [5.41, 5.74) is 2.45. The first kappa shape index (κ1) is 8.36. The summed E-state index contributed by atoms with van der Waals surface area (Å²) in [6.07, 6.45) is 1.20. The zero-order valence-corrected chi connectivity index (χ0v) is 8.80. The Balaban J connectivity index is 2.18.